The van der Waals surface area contributed by atoms with E-state index in [2.05, 4.69) is 17.2 Å². The lowest BCUT2D eigenvalue weighted by Crippen LogP contribution is -2.29. The van der Waals surface area contributed by atoms with Crippen molar-refractivity contribution in [3.8, 4) is 17.6 Å². The smallest absolute Gasteiger partial charge is 0.251 e. The number of nitrogens with one attached hydrogen (secondary N) is 1. The average molecular weight is 305 g/mol. The quantitative estimate of drug-likeness (QED) is 0.831. The van der Waals surface area contributed by atoms with Crippen LogP contribution in [0.2, 0.25) is 0 Å². The molecule has 2 rings (SSSR count). The zero-order chi connectivity index (χ0) is 15.1. The van der Waals surface area contributed by atoms with Crippen LogP contribution in [-0.4, -0.2) is 42.3 Å². The van der Waals surface area contributed by atoms with Crippen molar-refractivity contribution in [2.24, 2.45) is 0 Å². The first-order valence-corrected chi connectivity index (χ1v) is 7.97. The summed E-state index contributed by atoms with van der Waals surface area (Å²) in [5.74, 6) is 7.05. The third-order valence-electron chi connectivity index (χ3n) is 3.28. The highest BCUT2D eigenvalue weighted by atomic mass is 32.2. The summed E-state index contributed by atoms with van der Waals surface area (Å²) in [5.41, 5.74) is 1.16. The Bertz CT molecular complexity index is 556. The number of hydrogen-bond donors (Lipinski definition) is 2. The van der Waals surface area contributed by atoms with Crippen molar-refractivity contribution in [1.82, 2.24) is 5.32 Å². The number of methoxy groups -OCH3 is 1. The molecule has 1 aliphatic heterocycles. The summed E-state index contributed by atoms with van der Waals surface area (Å²) in [6.45, 7) is 0.478. The fourth-order valence-corrected chi connectivity index (χ4v) is 3.40. The number of amides is 1. The van der Waals surface area contributed by atoms with E-state index < -0.39 is 0 Å². The van der Waals surface area contributed by atoms with Crippen LogP contribution in [0.3, 0.4) is 0 Å². The number of carbonyl (C=O) groups excluding carboxylic acids is 1. The molecule has 2 N–H and O–H groups in total. The third-order valence-corrected chi connectivity index (χ3v) is 4.68. The minimum atomic E-state index is -0.224. The van der Waals surface area contributed by atoms with Gasteiger partial charge in [0.05, 0.1) is 12.7 Å². The van der Waals surface area contributed by atoms with Gasteiger partial charge in [0.25, 0.3) is 5.91 Å². The van der Waals surface area contributed by atoms with Gasteiger partial charge in [0.15, 0.2) is 0 Å². The van der Waals surface area contributed by atoms with Crippen LogP contribution in [0.25, 0.3) is 0 Å². The molecule has 1 saturated heterocycles. The Morgan fingerprint density at radius 3 is 3.10 bits per heavy atom. The summed E-state index contributed by atoms with van der Waals surface area (Å²) < 4.78 is 5.20. The fraction of sp³-hybridized carbons (Fsp3) is 0.438. The van der Waals surface area contributed by atoms with Crippen molar-refractivity contribution in [2.45, 2.75) is 18.1 Å². The van der Waals surface area contributed by atoms with E-state index in [-0.39, 0.29) is 12.5 Å². The molecule has 0 saturated carbocycles. The van der Waals surface area contributed by atoms with E-state index in [4.69, 9.17) is 9.84 Å². The largest absolute Gasteiger partial charge is 0.495 e. The molecule has 21 heavy (non-hydrogen) atoms. The number of ether oxygens (including phenoxy) is 1. The summed E-state index contributed by atoms with van der Waals surface area (Å²) in [5, 5.41) is 12.3. The van der Waals surface area contributed by atoms with Crippen molar-refractivity contribution >= 4 is 17.7 Å². The summed E-state index contributed by atoms with van der Waals surface area (Å²) in [6.07, 6.45) is 2.40. The molecule has 1 aromatic carbocycles. The SMILES string of the molecule is COc1ccc(C(=O)NCC2CCCS2)cc1C#CCO. The van der Waals surface area contributed by atoms with Crippen LogP contribution < -0.4 is 10.1 Å². The molecule has 112 valence electrons. The lowest BCUT2D eigenvalue weighted by molar-refractivity contribution is 0.0953. The molecule has 1 atom stereocenters. The number of thioether (sulfide) groups is 1. The van der Waals surface area contributed by atoms with Gasteiger partial charge < -0.3 is 15.2 Å². The van der Waals surface area contributed by atoms with E-state index in [0.29, 0.717) is 28.7 Å². The van der Waals surface area contributed by atoms with Crippen LogP contribution in [0.4, 0.5) is 0 Å². The molecule has 0 aromatic heterocycles. The standard InChI is InChI=1S/C16H19NO3S/c1-20-15-7-6-13(10-12(15)4-2-8-18)16(19)17-11-14-5-3-9-21-14/h6-7,10,14,18H,3,5,8-9,11H2,1H3,(H,17,19). The Labute approximate surface area is 129 Å². The van der Waals surface area contributed by atoms with Crippen molar-refractivity contribution in [3.05, 3.63) is 29.3 Å². The molecule has 0 aliphatic carbocycles. The predicted molar refractivity (Wildman–Crippen MR) is 84.8 cm³/mol. The first-order valence-electron chi connectivity index (χ1n) is 6.92. The number of carbonyl (C=O) groups is 1. The van der Waals surface area contributed by atoms with E-state index in [1.54, 1.807) is 25.3 Å². The highest BCUT2D eigenvalue weighted by Crippen LogP contribution is 2.25. The minimum absolute atomic E-state index is 0.0998. The van der Waals surface area contributed by atoms with Crippen LogP contribution in [0.1, 0.15) is 28.8 Å². The summed E-state index contributed by atoms with van der Waals surface area (Å²) >= 11 is 1.92. The second kappa shape index (κ2) is 7.96. The highest BCUT2D eigenvalue weighted by molar-refractivity contribution is 8.00. The topological polar surface area (TPSA) is 58.6 Å². The molecule has 1 heterocycles. The Kier molecular flexibility index (Phi) is 5.97. The third kappa shape index (κ3) is 4.42. The van der Waals surface area contributed by atoms with Crippen LogP contribution in [0.5, 0.6) is 5.75 Å². The highest BCUT2D eigenvalue weighted by Gasteiger charge is 2.17. The molecule has 0 spiro atoms. The van der Waals surface area contributed by atoms with Crippen molar-refractivity contribution in [3.63, 3.8) is 0 Å². The number of aliphatic hydroxyl groups is 1. The molecule has 1 fully saturated rings. The van der Waals surface area contributed by atoms with Crippen molar-refractivity contribution in [1.29, 1.82) is 0 Å². The molecule has 1 unspecified atom stereocenters. The normalized spacial score (nSPS) is 17.0. The van der Waals surface area contributed by atoms with Gasteiger partial charge in [0.1, 0.15) is 12.4 Å². The maximum atomic E-state index is 12.2. The zero-order valence-corrected chi connectivity index (χ0v) is 12.8. The molecule has 0 bridgehead atoms. The summed E-state index contributed by atoms with van der Waals surface area (Å²) in [7, 11) is 1.55. The second-order valence-corrected chi connectivity index (χ2v) is 6.13. The second-order valence-electron chi connectivity index (χ2n) is 4.72. The zero-order valence-electron chi connectivity index (χ0n) is 12.0. The van der Waals surface area contributed by atoms with Gasteiger partial charge in [-0.3, -0.25) is 4.79 Å². The minimum Gasteiger partial charge on any atom is -0.495 e. The van der Waals surface area contributed by atoms with E-state index in [9.17, 15) is 4.79 Å². The molecular formula is C16H19NO3S. The van der Waals surface area contributed by atoms with Crippen molar-refractivity contribution < 1.29 is 14.6 Å². The summed E-state index contributed by atoms with van der Waals surface area (Å²) in [6, 6.07) is 5.14. The molecule has 4 nitrogen and oxygen atoms in total. The first kappa shape index (κ1) is 15.7. The van der Waals surface area contributed by atoms with Crippen LogP contribution >= 0.6 is 11.8 Å². The van der Waals surface area contributed by atoms with E-state index in [1.165, 1.54) is 18.6 Å². The van der Waals surface area contributed by atoms with Gasteiger partial charge in [-0.15, -0.1) is 0 Å². The van der Waals surface area contributed by atoms with E-state index in [1.807, 2.05) is 11.8 Å². The van der Waals surface area contributed by atoms with Crippen LogP contribution in [-0.2, 0) is 0 Å². The molecule has 0 radical (unpaired) electrons. The van der Waals surface area contributed by atoms with E-state index >= 15 is 0 Å². The Morgan fingerprint density at radius 1 is 1.57 bits per heavy atom. The van der Waals surface area contributed by atoms with Gasteiger partial charge in [-0.25, -0.2) is 0 Å². The molecule has 1 aliphatic rings. The monoisotopic (exact) mass is 305 g/mol. The Hall–Kier alpha value is -1.64. The lowest BCUT2D eigenvalue weighted by Gasteiger charge is -2.11. The average Bonchev–Trinajstić information content (AvgIpc) is 3.03. The van der Waals surface area contributed by atoms with Gasteiger partial charge in [-0.2, -0.15) is 11.8 Å². The summed E-state index contributed by atoms with van der Waals surface area (Å²) in [4.78, 5) is 12.2. The van der Waals surface area contributed by atoms with Gasteiger partial charge >= 0.3 is 0 Å². The van der Waals surface area contributed by atoms with Gasteiger partial charge in [-0.1, -0.05) is 11.8 Å². The molecule has 5 heteroatoms. The molecule has 1 amide bonds. The molecule has 1 aromatic rings. The maximum Gasteiger partial charge on any atom is 0.251 e. The lowest BCUT2D eigenvalue weighted by atomic mass is 10.1. The number of rotatable bonds is 4. The fourth-order valence-electron chi connectivity index (χ4n) is 2.20. The number of benzene rings is 1. The predicted octanol–water partition coefficient (Wildman–Crippen LogP) is 1.66. The Morgan fingerprint density at radius 2 is 2.43 bits per heavy atom. The molecular weight excluding hydrogens is 286 g/mol. The van der Waals surface area contributed by atoms with Gasteiger partial charge in [0, 0.05) is 17.4 Å². The van der Waals surface area contributed by atoms with Gasteiger partial charge in [0.2, 0.25) is 0 Å². The first-order chi connectivity index (χ1) is 10.2. The maximum absolute atomic E-state index is 12.2. The van der Waals surface area contributed by atoms with Gasteiger partial charge in [-0.05, 0) is 36.8 Å². The number of aliphatic hydroxyl groups excluding tert-OH is 1. The van der Waals surface area contributed by atoms with E-state index in [0.717, 1.165) is 0 Å². The Balaban J connectivity index is 2.05. The number of hydrogen-bond acceptors (Lipinski definition) is 4. The van der Waals surface area contributed by atoms with Crippen molar-refractivity contribution in [2.75, 3.05) is 26.0 Å². The van der Waals surface area contributed by atoms with Crippen LogP contribution in [0, 0.1) is 11.8 Å². The van der Waals surface area contributed by atoms with Crippen LogP contribution in [0.15, 0.2) is 18.2 Å².